The Morgan fingerprint density at radius 2 is 1.95 bits per heavy atom. The molecule has 3 unspecified atom stereocenters. The highest BCUT2D eigenvalue weighted by atomic mass is 16.4. The Morgan fingerprint density at radius 1 is 1.25 bits per heavy atom. The van der Waals surface area contributed by atoms with Crippen LogP contribution in [0.2, 0.25) is 0 Å². The SMILES string of the molecule is O=C1NC(=O)C(CC2CCCCC2)(C2CC2C(=O)O)N1. The van der Waals surface area contributed by atoms with Crippen LogP contribution < -0.4 is 10.6 Å². The number of aliphatic carboxylic acids is 1. The van der Waals surface area contributed by atoms with E-state index in [0.717, 1.165) is 25.7 Å². The van der Waals surface area contributed by atoms with Crippen molar-refractivity contribution in [3.8, 4) is 0 Å². The number of rotatable bonds is 4. The van der Waals surface area contributed by atoms with Gasteiger partial charge >= 0.3 is 12.0 Å². The first kappa shape index (κ1) is 13.4. The normalized spacial score (nSPS) is 37.4. The highest BCUT2D eigenvalue weighted by Crippen LogP contribution is 2.51. The molecule has 0 spiro atoms. The molecule has 3 atom stereocenters. The molecule has 3 fully saturated rings. The lowest BCUT2D eigenvalue weighted by Gasteiger charge is -2.32. The Balaban J connectivity index is 1.79. The molecule has 0 aromatic heterocycles. The van der Waals surface area contributed by atoms with Crippen LogP contribution in [0.5, 0.6) is 0 Å². The number of hydrogen-bond acceptors (Lipinski definition) is 3. The zero-order valence-corrected chi connectivity index (χ0v) is 11.4. The maximum absolute atomic E-state index is 12.2. The van der Waals surface area contributed by atoms with E-state index < -0.39 is 23.5 Å². The van der Waals surface area contributed by atoms with Crippen LogP contribution in [0.4, 0.5) is 4.79 Å². The molecule has 0 radical (unpaired) electrons. The Kier molecular flexibility index (Phi) is 3.18. The van der Waals surface area contributed by atoms with Crippen molar-refractivity contribution in [1.82, 2.24) is 10.6 Å². The predicted molar refractivity (Wildman–Crippen MR) is 69.8 cm³/mol. The van der Waals surface area contributed by atoms with E-state index in [0.29, 0.717) is 18.8 Å². The van der Waals surface area contributed by atoms with Gasteiger partial charge in [-0.15, -0.1) is 0 Å². The highest BCUT2D eigenvalue weighted by Gasteiger charge is 2.63. The van der Waals surface area contributed by atoms with Gasteiger partial charge in [0.05, 0.1) is 5.92 Å². The number of urea groups is 1. The number of nitrogens with one attached hydrogen (secondary N) is 2. The number of carboxylic acid groups (broad SMARTS) is 1. The Bertz CT molecular complexity index is 458. The standard InChI is InChI=1S/C14H20N2O4/c17-11(18)9-6-10(9)14(12(19)15-13(20)16-14)7-8-4-2-1-3-5-8/h8-10H,1-7H2,(H,17,18)(H2,15,16,19,20). The number of amides is 3. The second kappa shape index (κ2) is 4.75. The van der Waals surface area contributed by atoms with E-state index in [-0.39, 0.29) is 11.8 Å². The maximum Gasteiger partial charge on any atom is 0.322 e. The van der Waals surface area contributed by atoms with Crippen LogP contribution in [0, 0.1) is 17.8 Å². The van der Waals surface area contributed by atoms with Gasteiger partial charge in [0.25, 0.3) is 5.91 Å². The molecule has 0 aromatic rings. The van der Waals surface area contributed by atoms with Crippen LogP contribution in [-0.4, -0.2) is 28.6 Å². The molecule has 2 saturated carbocycles. The van der Waals surface area contributed by atoms with Gasteiger partial charge < -0.3 is 10.4 Å². The summed E-state index contributed by atoms with van der Waals surface area (Å²) >= 11 is 0. The third-order valence-electron chi connectivity index (χ3n) is 5.04. The van der Waals surface area contributed by atoms with E-state index >= 15 is 0 Å². The fourth-order valence-electron chi connectivity index (χ4n) is 3.92. The summed E-state index contributed by atoms with van der Waals surface area (Å²) in [6.07, 6.45) is 6.73. The minimum absolute atomic E-state index is 0.256. The molecule has 3 rings (SSSR count). The molecule has 0 aromatic carbocycles. The van der Waals surface area contributed by atoms with Crippen molar-refractivity contribution in [2.75, 3.05) is 0 Å². The molecule has 6 heteroatoms. The molecular weight excluding hydrogens is 260 g/mol. The first-order valence-electron chi connectivity index (χ1n) is 7.39. The van der Waals surface area contributed by atoms with Crippen molar-refractivity contribution in [2.45, 2.75) is 50.5 Å². The molecule has 6 nitrogen and oxygen atoms in total. The quantitative estimate of drug-likeness (QED) is 0.675. The molecule has 1 saturated heterocycles. The Morgan fingerprint density at radius 3 is 2.45 bits per heavy atom. The van der Waals surface area contributed by atoms with Crippen LogP contribution in [0.3, 0.4) is 0 Å². The molecule has 3 N–H and O–H groups in total. The third-order valence-corrected chi connectivity index (χ3v) is 5.04. The molecule has 2 aliphatic carbocycles. The fourth-order valence-corrected chi connectivity index (χ4v) is 3.92. The summed E-state index contributed by atoms with van der Waals surface area (Å²) in [5, 5.41) is 14.2. The maximum atomic E-state index is 12.2. The molecule has 0 bridgehead atoms. The van der Waals surface area contributed by atoms with Gasteiger partial charge in [-0.2, -0.15) is 0 Å². The van der Waals surface area contributed by atoms with Gasteiger partial charge in [-0.25, -0.2) is 4.79 Å². The molecule has 20 heavy (non-hydrogen) atoms. The number of carboxylic acids is 1. The van der Waals surface area contributed by atoms with Gasteiger partial charge in [-0.05, 0) is 18.8 Å². The molecule has 1 heterocycles. The molecule has 1 aliphatic heterocycles. The lowest BCUT2D eigenvalue weighted by molar-refractivity contribution is -0.139. The second-order valence-electron chi connectivity index (χ2n) is 6.37. The number of hydrogen-bond donors (Lipinski definition) is 3. The van der Waals surface area contributed by atoms with Crippen LogP contribution >= 0.6 is 0 Å². The van der Waals surface area contributed by atoms with E-state index in [1.54, 1.807) is 0 Å². The summed E-state index contributed by atoms with van der Waals surface area (Å²) in [5.41, 5.74) is -0.984. The average Bonchev–Trinajstić information content (AvgIpc) is 3.14. The summed E-state index contributed by atoms with van der Waals surface area (Å²) in [6, 6.07) is -0.484. The fraction of sp³-hybridized carbons (Fsp3) is 0.786. The Hall–Kier alpha value is -1.59. The van der Waals surface area contributed by atoms with Gasteiger partial charge in [-0.3, -0.25) is 14.9 Å². The number of carbonyl (C=O) groups is 3. The predicted octanol–water partition coefficient (Wildman–Crippen LogP) is 1.26. The van der Waals surface area contributed by atoms with Crippen LogP contribution in [0.15, 0.2) is 0 Å². The molecule has 3 amide bonds. The zero-order chi connectivity index (χ0) is 14.3. The van der Waals surface area contributed by atoms with Crippen LogP contribution in [0.25, 0.3) is 0 Å². The summed E-state index contributed by atoms with van der Waals surface area (Å²) in [6.45, 7) is 0. The van der Waals surface area contributed by atoms with Crippen molar-refractivity contribution in [2.24, 2.45) is 17.8 Å². The van der Waals surface area contributed by atoms with Crippen molar-refractivity contribution >= 4 is 17.9 Å². The van der Waals surface area contributed by atoms with Crippen molar-refractivity contribution in [3.63, 3.8) is 0 Å². The van der Waals surface area contributed by atoms with E-state index in [1.165, 1.54) is 6.42 Å². The molecular formula is C14H20N2O4. The van der Waals surface area contributed by atoms with E-state index in [2.05, 4.69) is 10.6 Å². The second-order valence-corrected chi connectivity index (χ2v) is 6.37. The van der Waals surface area contributed by atoms with E-state index in [1.807, 2.05) is 0 Å². The van der Waals surface area contributed by atoms with Crippen molar-refractivity contribution < 1.29 is 19.5 Å². The lowest BCUT2D eigenvalue weighted by Crippen LogP contribution is -2.51. The van der Waals surface area contributed by atoms with Gasteiger partial charge in [0.2, 0.25) is 0 Å². The lowest BCUT2D eigenvalue weighted by atomic mass is 9.76. The van der Waals surface area contributed by atoms with Crippen molar-refractivity contribution in [3.05, 3.63) is 0 Å². The topological polar surface area (TPSA) is 95.5 Å². The monoisotopic (exact) mass is 280 g/mol. The minimum Gasteiger partial charge on any atom is -0.481 e. The minimum atomic E-state index is -0.984. The van der Waals surface area contributed by atoms with Gasteiger partial charge in [0.1, 0.15) is 5.54 Å². The largest absolute Gasteiger partial charge is 0.481 e. The highest BCUT2D eigenvalue weighted by molar-refractivity contribution is 6.07. The number of carbonyl (C=O) groups excluding carboxylic acids is 2. The van der Waals surface area contributed by atoms with E-state index in [4.69, 9.17) is 5.11 Å². The summed E-state index contributed by atoms with van der Waals surface area (Å²) in [4.78, 5) is 34.9. The van der Waals surface area contributed by atoms with E-state index in [9.17, 15) is 14.4 Å². The smallest absolute Gasteiger partial charge is 0.322 e. The van der Waals surface area contributed by atoms with Crippen LogP contribution in [0.1, 0.15) is 44.9 Å². The molecule has 3 aliphatic rings. The first-order valence-corrected chi connectivity index (χ1v) is 7.39. The molecule has 110 valence electrons. The number of imide groups is 1. The summed E-state index contributed by atoms with van der Waals surface area (Å²) in [7, 11) is 0. The summed E-state index contributed by atoms with van der Waals surface area (Å²) < 4.78 is 0. The third kappa shape index (κ3) is 2.17. The average molecular weight is 280 g/mol. The van der Waals surface area contributed by atoms with Gasteiger partial charge in [0, 0.05) is 5.92 Å². The first-order chi connectivity index (χ1) is 9.53. The van der Waals surface area contributed by atoms with Crippen molar-refractivity contribution in [1.29, 1.82) is 0 Å². The Labute approximate surface area is 117 Å². The summed E-state index contributed by atoms with van der Waals surface area (Å²) in [5.74, 6) is -1.55. The zero-order valence-electron chi connectivity index (χ0n) is 11.4. The van der Waals surface area contributed by atoms with Gasteiger partial charge in [-0.1, -0.05) is 32.1 Å². The van der Waals surface area contributed by atoms with Gasteiger partial charge in [0.15, 0.2) is 0 Å². The van der Waals surface area contributed by atoms with Crippen LogP contribution in [-0.2, 0) is 9.59 Å².